The number of rotatable bonds is 2. The fourth-order valence-corrected chi connectivity index (χ4v) is 3.05. The summed E-state index contributed by atoms with van der Waals surface area (Å²) in [6, 6.07) is -0.977. The normalized spacial score (nSPS) is 30.2. The summed E-state index contributed by atoms with van der Waals surface area (Å²) in [5, 5.41) is 0. The standard InChI is InChI=1S/C11H21F2N/c1-7(2)10(8(3)4)5-6-11(12,13)9(10)14/h7-9H,5-6,14H2,1-4H3. The van der Waals surface area contributed by atoms with Crippen LogP contribution in [0.15, 0.2) is 0 Å². The number of alkyl halides is 2. The molecule has 1 aliphatic rings. The summed E-state index contributed by atoms with van der Waals surface area (Å²) in [5.41, 5.74) is 5.36. The maximum Gasteiger partial charge on any atom is 0.263 e. The van der Waals surface area contributed by atoms with Crippen LogP contribution in [-0.2, 0) is 0 Å². The molecule has 0 aliphatic heterocycles. The Labute approximate surface area is 85.1 Å². The van der Waals surface area contributed by atoms with E-state index in [-0.39, 0.29) is 23.7 Å². The second kappa shape index (κ2) is 3.44. The van der Waals surface area contributed by atoms with Crippen LogP contribution in [0.3, 0.4) is 0 Å². The predicted molar refractivity (Wildman–Crippen MR) is 54.3 cm³/mol. The molecule has 0 aromatic rings. The van der Waals surface area contributed by atoms with E-state index in [1.54, 1.807) is 0 Å². The first-order valence-corrected chi connectivity index (χ1v) is 5.38. The molecule has 0 aromatic carbocycles. The van der Waals surface area contributed by atoms with Gasteiger partial charge in [-0.05, 0) is 23.7 Å². The van der Waals surface area contributed by atoms with Gasteiger partial charge < -0.3 is 5.73 Å². The van der Waals surface area contributed by atoms with Gasteiger partial charge in [-0.15, -0.1) is 0 Å². The average Bonchev–Trinajstić information content (AvgIpc) is 2.25. The van der Waals surface area contributed by atoms with Crippen molar-refractivity contribution in [1.82, 2.24) is 0 Å². The fourth-order valence-electron chi connectivity index (χ4n) is 3.05. The maximum atomic E-state index is 13.4. The molecule has 0 amide bonds. The molecule has 1 aliphatic carbocycles. The fraction of sp³-hybridized carbons (Fsp3) is 1.00. The van der Waals surface area contributed by atoms with Gasteiger partial charge in [-0.25, -0.2) is 8.78 Å². The van der Waals surface area contributed by atoms with Gasteiger partial charge in [0.25, 0.3) is 5.92 Å². The molecular formula is C11H21F2N. The zero-order valence-corrected chi connectivity index (χ0v) is 9.48. The SMILES string of the molecule is CC(C)C1(C(C)C)CCC(F)(F)C1N. The van der Waals surface area contributed by atoms with Gasteiger partial charge in [0.2, 0.25) is 0 Å². The second-order valence-corrected chi connectivity index (χ2v) is 5.16. The topological polar surface area (TPSA) is 26.0 Å². The minimum absolute atomic E-state index is 0.0511. The maximum absolute atomic E-state index is 13.4. The zero-order chi connectivity index (χ0) is 11.1. The Balaban J connectivity index is 3.03. The van der Waals surface area contributed by atoms with Crippen LogP contribution in [0.5, 0.6) is 0 Å². The highest BCUT2D eigenvalue weighted by Crippen LogP contribution is 2.54. The average molecular weight is 205 g/mol. The Bertz CT molecular complexity index is 203. The lowest BCUT2D eigenvalue weighted by molar-refractivity contribution is -0.0428. The Morgan fingerprint density at radius 3 is 1.64 bits per heavy atom. The molecule has 0 bridgehead atoms. The van der Waals surface area contributed by atoms with Crippen LogP contribution in [-0.4, -0.2) is 12.0 Å². The monoisotopic (exact) mass is 205 g/mol. The summed E-state index contributed by atoms with van der Waals surface area (Å²) in [6.07, 6.45) is 0.501. The van der Waals surface area contributed by atoms with Crippen molar-refractivity contribution in [2.24, 2.45) is 23.0 Å². The van der Waals surface area contributed by atoms with Crippen molar-refractivity contribution in [3.05, 3.63) is 0 Å². The number of nitrogens with two attached hydrogens (primary N) is 1. The van der Waals surface area contributed by atoms with E-state index in [4.69, 9.17) is 5.73 Å². The smallest absolute Gasteiger partial charge is 0.263 e. The molecule has 1 fully saturated rings. The molecule has 14 heavy (non-hydrogen) atoms. The lowest BCUT2D eigenvalue weighted by atomic mass is 9.65. The van der Waals surface area contributed by atoms with Crippen LogP contribution in [0.2, 0.25) is 0 Å². The Hall–Kier alpha value is -0.180. The summed E-state index contributed by atoms with van der Waals surface area (Å²) in [5.74, 6) is -2.24. The van der Waals surface area contributed by atoms with E-state index in [1.165, 1.54) is 0 Å². The first-order chi connectivity index (χ1) is 6.25. The first kappa shape index (κ1) is 11.9. The van der Waals surface area contributed by atoms with E-state index in [9.17, 15) is 8.78 Å². The van der Waals surface area contributed by atoms with Gasteiger partial charge in [0, 0.05) is 6.42 Å². The van der Waals surface area contributed by atoms with Crippen LogP contribution in [0, 0.1) is 17.3 Å². The summed E-state index contributed by atoms with van der Waals surface area (Å²) < 4.78 is 26.9. The molecule has 3 heteroatoms. The molecule has 1 nitrogen and oxygen atoms in total. The van der Waals surface area contributed by atoms with E-state index >= 15 is 0 Å². The summed E-state index contributed by atoms with van der Waals surface area (Å²) in [4.78, 5) is 0. The van der Waals surface area contributed by atoms with Crippen molar-refractivity contribution in [2.45, 2.75) is 52.5 Å². The highest BCUT2D eigenvalue weighted by Gasteiger charge is 2.59. The van der Waals surface area contributed by atoms with Gasteiger partial charge in [-0.1, -0.05) is 27.7 Å². The third-order valence-corrected chi connectivity index (χ3v) is 4.08. The van der Waals surface area contributed by atoms with Gasteiger partial charge in [-0.3, -0.25) is 0 Å². The molecule has 0 saturated heterocycles. The Morgan fingerprint density at radius 1 is 1.07 bits per heavy atom. The minimum atomic E-state index is -2.67. The van der Waals surface area contributed by atoms with E-state index in [1.807, 2.05) is 27.7 Å². The molecule has 2 N–H and O–H groups in total. The Kier molecular flexibility index (Phi) is 2.92. The lowest BCUT2D eigenvalue weighted by Crippen LogP contribution is -2.52. The van der Waals surface area contributed by atoms with Crippen molar-refractivity contribution < 1.29 is 8.78 Å². The molecular weight excluding hydrogens is 184 g/mol. The minimum Gasteiger partial charge on any atom is -0.322 e. The van der Waals surface area contributed by atoms with Crippen LogP contribution in [0.25, 0.3) is 0 Å². The van der Waals surface area contributed by atoms with Crippen LogP contribution in [0.1, 0.15) is 40.5 Å². The number of halogens is 2. The molecule has 1 saturated carbocycles. The van der Waals surface area contributed by atoms with Gasteiger partial charge in [0.15, 0.2) is 0 Å². The van der Waals surface area contributed by atoms with E-state index in [0.717, 1.165) is 0 Å². The molecule has 1 rings (SSSR count). The van der Waals surface area contributed by atoms with Crippen LogP contribution < -0.4 is 5.73 Å². The van der Waals surface area contributed by atoms with Gasteiger partial charge in [-0.2, -0.15) is 0 Å². The second-order valence-electron chi connectivity index (χ2n) is 5.16. The van der Waals surface area contributed by atoms with E-state index in [0.29, 0.717) is 6.42 Å². The zero-order valence-electron chi connectivity index (χ0n) is 9.48. The van der Waals surface area contributed by atoms with E-state index < -0.39 is 12.0 Å². The molecule has 0 radical (unpaired) electrons. The van der Waals surface area contributed by atoms with Crippen molar-refractivity contribution in [2.75, 3.05) is 0 Å². The Morgan fingerprint density at radius 2 is 1.50 bits per heavy atom. The van der Waals surface area contributed by atoms with Crippen molar-refractivity contribution in [1.29, 1.82) is 0 Å². The largest absolute Gasteiger partial charge is 0.322 e. The summed E-state index contributed by atoms with van der Waals surface area (Å²) in [7, 11) is 0. The molecule has 84 valence electrons. The molecule has 0 aromatic heterocycles. The van der Waals surface area contributed by atoms with Crippen LogP contribution >= 0.6 is 0 Å². The quantitative estimate of drug-likeness (QED) is 0.736. The highest BCUT2D eigenvalue weighted by atomic mass is 19.3. The van der Waals surface area contributed by atoms with Gasteiger partial charge in [0.1, 0.15) is 0 Å². The third-order valence-electron chi connectivity index (χ3n) is 4.08. The molecule has 0 heterocycles. The summed E-state index contributed by atoms with van der Waals surface area (Å²) in [6.45, 7) is 8.01. The first-order valence-electron chi connectivity index (χ1n) is 5.38. The highest BCUT2D eigenvalue weighted by molar-refractivity contribution is 5.06. The third kappa shape index (κ3) is 1.46. The van der Waals surface area contributed by atoms with Crippen LogP contribution in [0.4, 0.5) is 8.78 Å². The van der Waals surface area contributed by atoms with Gasteiger partial charge >= 0.3 is 0 Å². The number of hydrogen-bond acceptors (Lipinski definition) is 1. The predicted octanol–water partition coefficient (Wildman–Crippen LogP) is 3.04. The summed E-state index contributed by atoms with van der Waals surface area (Å²) >= 11 is 0. The molecule has 1 unspecified atom stereocenters. The van der Waals surface area contributed by atoms with Crippen molar-refractivity contribution >= 4 is 0 Å². The number of hydrogen-bond donors (Lipinski definition) is 1. The van der Waals surface area contributed by atoms with Crippen molar-refractivity contribution in [3.63, 3.8) is 0 Å². The molecule has 0 spiro atoms. The van der Waals surface area contributed by atoms with E-state index in [2.05, 4.69) is 0 Å². The van der Waals surface area contributed by atoms with Crippen molar-refractivity contribution in [3.8, 4) is 0 Å². The van der Waals surface area contributed by atoms with Gasteiger partial charge in [0.05, 0.1) is 6.04 Å². The lowest BCUT2D eigenvalue weighted by Gasteiger charge is -2.42. The molecule has 1 atom stereocenters.